The predicted molar refractivity (Wildman–Crippen MR) is 63.7 cm³/mol. The van der Waals surface area contributed by atoms with Gasteiger partial charge in [0, 0.05) is 23.8 Å². The Morgan fingerprint density at radius 1 is 1.40 bits per heavy atom. The highest BCUT2D eigenvalue weighted by Gasteiger charge is 2.09. The summed E-state index contributed by atoms with van der Waals surface area (Å²) in [6.07, 6.45) is 9.06. The summed E-state index contributed by atoms with van der Waals surface area (Å²) in [6, 6.07) is 0.974. The summed E-state index contributed by atoms with van der Waals surface area (Å²) >= 11 is 0. The van der Waals surface area contributed by atoms with Crippen LogP contribution in [-0.4, -0.2) is 16.2 Å². The molecule has 0 aliphatic heterocycles. The third-order valence-electron chi connectivity index (χ3n) is 2.79. The van der Waals surface area contributed by atoms with Crippen LogP contribution in [0.3, 0.4) is 0 Å². The molecule has 15 heavy (non-hydrogen) atoms. The average molecular weight is 209 g/mol. The van der Waals surface area contributed by atoms with Crippen molar-refractivity contribution in [1.82, 2.24) is 15.5 Å². The molecule has 0 aliphatic rings. The van der Waals surface area contributed by atoms with E-state index in [9.17, 15) is 0 Å². The van der Waals surface area contributed by atoms with Gasteiger partial charge in [-0.05, 0) is 20.3 Å². The fourth-order valence-corrected chi connectivity index (χ4v) is 1.80. The van der Waals surface area contributed by atoms with Crippen LogP contribution in [0.4, 0.5) is 0 Å². The molecule has 3 nitrogen and oxygen atoms in total. The van der Waals surface area contributed by atoms with E-state index in [0.717, 1.165) is 0 Å². The molecule has 1 rings (SSSR count). The molecule has 0 bridgehead atoms. The minimum atomic E-state index is 0.389. The first-order valence-electron chi connectivity index (χ1n) is 5.98. The Morgan fingerprint density at radius 3 is 2.80 bits per heavy atom. The van der Waals surface area contributed by atoms with E-state index in [-0.39, 0.29) is 0 Å². The molecule has 1 heterocycles. The van der Waals surface area contributed by atoms with Gasteiger partial charge >= 0.3 is 0 Å². The van der Waals surface area contributed by atoms with Gasteiger partial charge in [-0.3, -0.25) is 5.10 Å². The summed E-state index contributed by atoms with van der Waals surface area (Å²) in [5, 5.41) is 10.4. The molecule has 0 saturated heterocycles. The standard InChI is InChI=1S/C12H23N3/c1-4-5-6-7-10(2)15-11(3)12-8-13-14-9-12/h8-11,15H,4-7H2,1-3H3,(H,13,14). The maximum Gasteiger partial charge on any atom is 0.0534 e. The van der Waals surface area contributed by atoms with Crippen molar-refractivity contribution in [3.63, 3.8) is 0 Å². The minimum absolute atomic E-state index is 0.389. The topological polar surface area (TPSA) is 40.7 Å². The number of hydrogen-bond donors (Lipinski definition) is 2. The second-order valence-corrected chi connectivity index (χ2v) is 4.32. The molecular formula is C12H23N3. The molecule has 0 spiro atoms. The van der Waals surface area contributed by atoms with E-state index in [1.165, 1.54) is 31.2 Å². The Bertz CT molecular complexity index is 243. The molecule has 0 amide bonds. The Morgan fingerprint density at radius 2 is 2.20 bits per heavy atom. The number of hydrogen-bond acceptors (Lipinski definition) is 2. The molecule has 0 aromatic carbocycles. The van der Waals surface area contributed by atoms with Crippen LogP contribution in [0.25, 0.3) is 0 Å². The third-order valence-corrected chi connectivity index (χ3v) is 2.79. The predicted octanol–water partition coefficient (Wildman–Crippen LogP) is 3.03. The van der Waals surface area contributed by atoms with E-state index in [2.05, 4.69) is 36.3 Å². The lowest BCUT2D eigenvalue weighted by Gasteiger charge is -2.18. The van der Waals surface area contributed by atoms with Gasteiger partial charge < -0.3 is 5.32 Å². The van der Waals surface area contributed by atoms with Crippen molar-refractivity contribution in [2.45, 2.75) is 58.5 Å². The van der Waals surface area contributed by atoms with E-state index in [1.54, 1.807) is 0 Å². The molecule has 1 aromatic heterocycles. The van der Waals surface area contributed by atoms with Gasteiger partial charge in [-0.15, -0.1) is 0 Å². The average Bonchev–Trinajstić information content (AvgIpc) is 2.70. The van der Waals surface area contributed by atoms with Gasteiger partial charge in [0.05, 0.1) is 6.20 Å². The molecule has 0 radical (unpaired) electrons. The van der Waals surface area contributed by atoms with Crippen LogP contribution in [0.1, 0.15) is 58.1 Å². The van der Waals surface area contributed by atoms with Crippen LogP contribution >= 0.6 is 0 Å². The van der Waals surface area contributed by atoms with Gasteiger partial charge in [0.1, 0.15) is 0 Å². The summed E-state index contributed by atoms with van der Waals surface area (Å²) in [7, 11) is 0. The minimum Gasteiger partial charge on any atom is -0.308 e. The van der Waals surface area contributed by atoms with Crippen LogP contribution in [0.5, 0.6) is 0 Å². The molecule has 2 unspecified atom stereocenters. The lowest BCUT2D eigenvalue weighted by Crippen LogP contribution is -2.28. The monoisotopic (exact) mass is 209 g/mol. The second-order valence-electron chi connectivity index (χ2n) is 4.32. The molecule has 3 heteroatoms. The van der Waals surface area contributed by atoms with Crippen LogP contribution in [-0.2, 0) is 0 Å². The highest BCUT2D eigenvalue weighted by Crippen LogP contribution is 2.12. The van der Waals surface area contributed by atoms with Crippen LogP contribution in [0.2, 0.25) is 0 Å². The van der Waals surface area contributed by atoms with E-state index in [1.807, 2.05) is 12.4 Å². The van der Waals surface area contributed by atoms with Gasteiger partial charge in [-0.2, -0.15) is 5.10 Å². The van der Waals surface area contributed by atoms with Crippen LogP contribution in [0, 0.1) is 0 Å². The summed E-state index contributed by atoms with van der Waals surface area (Å²) in [4.78, 5) is 0. The molecule has 0 aliphatic carbocycles. The Hall–Kier alpha value is -0.830. The molecule has 86 valence electrons. The van der Waals surface area contributed by atoms with Crippen molar-refractivity contribution in [3.05, 3.63) is 18.0 Å². The second kappa shape index (κ2) is 6.62. The van der Waals surface area contributed by atoms with Gasteiger partial charge in [-0.25, -0.2) is 0 Å². The smallest absolute Gasteiger partial charge is 0.0534 e. The summed E-state index contributed by atoms with van der Waals surface area (Å²) in [5.41, 5.74) is 1.23. The number of nitrogens with one attached hydrogen (secondary N) is 2. The normalized spacial score (nSPS) is 15.1. The van der Waals surface area contributed by atoms with E-state index >= 15 is 0 Å². The number of H-pyrrole nitrogens is 1. The zero-order chi connectivity index (χ0) is 11.1. The fourth-order valence-electron chi connectivity index (χ4n) is 1.80. The molecule has 0 fully saturated rings. The zero-order valence-corrected chi connectivity index (χ0v) is 10.1. The van der Waals surface area contributed by atoms with E-state index in [0.29, 0.717) is 12.1 Å². The largest absolute Gasteiger partial charge is 0.308 e. The number of aromatic amines is 1. The SMILES string of the molecule is CCCCCC(C)NC(C)c1cn[nH]c1. The summed E-state index contributed by atoms with van der Waals surface area (Å²) in [6.45, 7) is 6.68. The number of aromatic nitrogens is 2. The van der Waals surface area contributed by atoms with E-state index < -0.39 is 0 Å². The maximum absolute atomic E-state index is 3.96. The molecule has 2 atom stereocenters. The van der Waals surface area contributed by atoms with Crippen molar-refractivity contribution in [2.75, 3.05) is 0 Å². The first-order valence-corrected chi connectivity index (χ1v) is 5.98. The third kappa shape index (κ3) is 4.47. The lowest BCUT2D eigenvalue weighted by atomic mass is 10.1. The Kier molecular flexibility index (Phi) is 5.40. The zero-order valence-electron chi connectivity index (χ0n) is 10.1. The van der Waals surface area contributed by atoms with Gasteiger partial charge in [-0.1, -0.05) is 26.2 Å². The fraction of sp³-hybridized carbons (Fsp3) is 0.750. The van der Waals surface area contributed by atoms with E-state index in [4.69, 9.17) is 0 Å². The van der Waals surface area contributed by atoms with Crippen molar-refractivity contribution in [1.29, 1.82) is 0 Å². The Labute approximate surface area is 92.7 Å². The van der Waals surface area contributed by atoms with Gasteiger partial charge in [0.15, 0.2) is 0 Å². The number of unbranched alkanes of at least 4 members (excludes halogenated alkanes) is 2. The van der Waals surface area contributed by atoms with Gasteiger partial charge in [0.25, 0.3) is 0 Å². The van der Waals surface area contributed by atoms with Gasteiger partial charge in [0.2, 0.25) is 0 Å². The lowest BCUT2D eigenvalue weighted by molar-refractivity contribution is 0.440. The van der Waals surface area contributed by atoms with Crippen molar-refractivity contribution in [2.24, 2.45) is 0 Å². The summed E-state index contributed by atoms with van der Waals surface area (Å²) in [5.74, 6) is 0. The van der Waals surface area contributed by atoms with Crippen molar-refractivity contribution < 1.29 is 0 Å². The van der Waals surface area contributed by atoms with Crippen molar-refractivity contribution in [3.8, 4) is 0 Å². The van der Waals surface area contributed by atoms with Crippen molar-refractivity contribution >= 4 is 0 Å². The molecule has 0 saturated carbocycles. The Balaban J connectivity index is 2.22. The van der Waals surface area contributed by atoms with Crippen LogP contribution < -0.4 is 5.32 Å². The molecule has 1 aromatic rings. The van der Waals surface area contributed by atoms with Crippen LogP contribution in [0.15, 0.2) is 12.4 Å². The number of nitrogens with zero attached hydrogens (tertiary/aromatic N) is 1. The quantitative estimate of drug-likeness (QED) is 0.678. The first kappa shape index (κ1) is 12.2. The molecular weight excluding hydrogens is 186 g/mol. The summed E-state index contributed by atoms with van der Waals surface area (Å²) < 4.78 is 0. The highest BCUT2D eigenvalue weighted by atomic mass is 15.1. The maximum atomic E-state index is 3.96. The molecule has 2 N–H and O–H groups in total. The first-order chi connectivity index (χ1) is 7.24. The number of rotatable bonds is 7. The highest BCUT2D eigenvalue weighted by molar-refractivity contribution is 5.08.